The maximum Gasteiger partial charge on any atom is 0.183 e. The molecule has 0 radical (unpaired) electrons. The standard InChI is InChI=1S/C17H18N4/c1-4-5-6-15-7-13(12(2)3)14(15)16(8-18,9-19)17(15,10-20)11-21/h14H,4-7H2,1-3H3. The number of fused-ring (bicyclic) bond motifs is 1. The molecule has 0 bridgehead atoms. The van der Waals surface area contributed by atoms with Crippen molar-refractivity contribution < 1.29 is 0 Å². The molecule has 0 saturated heterocycles. The van der Waals surface area contributed by atoms with Crippen LogP contribution in [0.3, 0.4) is 0 Å². The highest BCUT2D eigenvalue weighted by molar-refractivity contribution is 5.58. The fraction of sp³-hybridized carbons (Fsp3) is 0.647. The average Bonchev–Trinajstić information content (AvgIpc) is 2.47. The molecule has 0 aromatic carbocycles. The van der Waals surface area contributed by atoms with E-state index in [1.807, 2.05) is 26.0 Å². The van der Waals surface area contributed by atoms with Gasteiger partial charge in [0.2, 0.25) is 0 Å². The summed E-state index contributed by atoms with van der Waals surface area (Å²) >= 11 is 0. The summed E-state index contributed by atoms with van der Waals surface area (Å²) in [6, 6.07) is 8.21. The largest absolute Gasteiger partial charge is 0.196 e. The quantitative estimate of drug-likeness (QED) is 0.737. The van der Waals surface area contributed by atoms with Gasteiger partial charge in [-0.3, -0.25) is 0 Å². The molecule has 0 spiro atoms. The second-order valence-corrected chi connectivity index (χ2v) is 6.40. The van der Waals surface area contributed by atoms with Gasteiger partial charge in [0, 0.05) is 11.3 Å². The van der Waals surface area contributed by atoms with Gasteiger partial charge in [0.1, 0.15) is 0 Å². The first-order valence-corrected chi connectivity index (χ1v) is 7.28. The van der Waals surface area contributed by atoms with E-state index in [4.69, 9.17) is 0 Å². The van der Waals surface area contributed by atoms with Gasteiger partial charge in [-0.05, 0) is 26.7 Å². The highest BCUT2D eigenvalue weighted by atomic mass is 14.8. The molecule has 2 aliphatic carbocycles. The zero-order valence-corrected chi connectivity index (χ0v) is 12.7. The highest BCUT2D eigenvalue weighted by Gasteiger charge is 2.87. The molecule has 0 aliphatic heterocycles. The van der Waals surface area contributed by atoms with E-state index in [1.165, 1.54) is 0 Å². The third-order valence-electron chi connectivity index (χ3n) is 5.49. The smallest absolute Gasteiger partial charge is 0.183 e. The fourth-order valence-corrected chi connectivity index (χ4v) is 4.43. The molecule has 2 atom stereocenters. The summed E-state index contributed by atoms with van der Waals surface area (Å²) in [5.74, 6) is -0.254. The Morgan fingerprint density at radius 3 is 2.05 bits per heavy atom. The predicted molar refractivity (Wildman–Crippen MR) is 75.8 cm³/mol. The van der Waals surface area contributed by atoms with Gasteiger partial charge in [-0.15, -0.1) is 0 Å². The molecule has 0 amide bonds. The van der Waals surface area contributed by atoms with E-state index in [0.29, 0.717) is 6.42 Å². The first-order chi connectivity index (χ1) is 9.96. The van der Waals surface area contributed by atoms with Crippen LogP contribution in [0.2, 0.25) is 0 Å². The summed E-state index contributed by atoms with van der Waals surface area (Å²) in [4.78, 5) is 0. The molecule has 0 heterocycles. The van der Waals surface area contributed by atoms with Crippen molar-refractivity contribution in [2.75, 3.05) is 0 Å². The molecule has 2 saturated carbocycles. The first-order valence-electron chi connectivity index (χ1n) is 7.28. The minimum Gasteiger partial charge on any atom is -0.196 e. The van der Waals surface area contributed by atoms with Crippen LogP contribution in [0.15, 0.2) is 11.1 Å². The van der Waals surface area contributed by atoms with Crippen molar-refractivity contribution in [2.24, 2.45) is 22.2 Å². The van der Waals surface area contributed by atoms with Crippen molar-refractivity contribution >= 4 is 0 Å². The number of nitriles is 4. The van der Waals surface area contributed by atoms with Gasteiger partial charge in [0.15, 0.2) is 10.8 Å². The molecule has 0 aromatic heterocycles. The first kappa shape index (κ1) is 15.1. The van der Waals surface area contributed by atoms with Crippen LogP contribution >= 0.6 is 0 Å². The molecule has 106 valence electrons. The number of hydrogen-bond donors (Lipinski definition) is 0. The minimum absolute atomic E-state index is 0.254. The molecule has 0 aromatic rings. The summed E-state index contributed by atoms with van der Waals surface area (Å²) in [5.41, 5.74) is -1.33. The lowest BCUT2D eigenvalue weighted by Gasteiger charge is -2.72. The van der Waals surface area contributed by atoms with Crippen LogP contribution in [0.5, 0.6) is 0 Å². The number of rotatable bonds is 3. The highest BCUT2D eigenvalue weighted by Crippen LogP contribution is 2.83. The van der Waals surface area contributed by atoms with Crippen LogP contribution in [0.1, 0.15) is 46.5 Å². The van der Waals surface area contributed by atoms with Gasteiger partial charge in [0.25, 0.3) is 0 Å². The molecule has 2 fully saturated rings. The van der Waals surface area contributed by atoms with E-state index in [0.717, 1.165) is 30.4 Å². The maximum absolute atomic E-state index is 9.66. The fourth-order valence-electron chi connectivity index (χ4n) is 4.43. The van der Waals surface area contributed by atoms with Crippen molar-refractivity contribution in [3.05, 3.63) is 11.1 Å². The minimum atomic E-state index is -1.52. The normalized spacial score (nSPS) is 30.2. The molecular weight excluding hydrogens is 260 g/mol. The third kappa shape index (κ3) is 1.31. The van der Waals surface area contributed by atoms with Crippen LogP contribution in [0, 0.1) is 67.5 Å². The van der Waals surface area contributed by atoms with Gasteiger partial charge in [-0.2, -0.15) is 21.0 Å². The third-order valence-corrected chi connectivity index (χ3v) is 5.49. The Balaban J connectivity index is 2.64. The predicted octanol–water partition coefficient (Wildman–Crippen LogP) is 3.60. The lowest BCUT2D eigenvalue weighted by Crippen LogP contribution is -2.76. The number of nitrogens with zero attached hydrogens (tertiary/aromatic N) is 4. The number of hydrogen-bond acceptors (Lipinski definition) is 4. The zero-order chi connectivity index (χ0) is 15.9. The Morgan fingerprint density at radius 1 is 1.10 bits per heavy atom. The van der Waals surface area contributed by atoms with Gasteiger partial charge >= 0.3 is 0 Å². The SMILES string of the molecule is CCCCC12CC(=C(C)C)C1C(C#N)(C#N)C2(C#N)C#N. The van der Waals surface area contributed by atoms with E-state index >= 15 is 0 Å². The Labute approximate surface area is 125 Å². The van der Waals surface area contributed by atoms with E-state index in [9.17, 15) is 21.0 Å². The van der Waals surface area contributed by atoms with Crippen molar-refractivity contribution in [1.82, 2.24) is 0 Å². The van der Waals surface area contributed by atoms with Crippen LogP contribution in [0.25, 0.3) is 0 Å². The van der Waals surface area contributed by atoms with Crippen LogP contribution in [0.4, 0.5) is 0 Å². The summed E-state index contributed by atoms with van der Waals surface area (Å²) in [7, 11) is 0. The average molecular weight is 278 g/mol. The van der Waals surface area contributed by atoms with Gasteiger partial charge < -0.3 is 0 Å². The van der Waals surface area contributed by atoms with Crippen molar-refractivity contribution in [2.45, 2.75) is 46.5 Å². The summed E-state index contributed by atoms with van der Waals surface area (Å²) in [6.45, 7) is 6.00. The molecule has 0 N–H and O–H groups in total. The second kappa shape index (κ2) is 4.62. The summed E-state index contributed by atoms with van der Waals surface area (Å²) in [6.07, 6.45) is 3.28. The van der Waals surface area contributed by atoms with E-state index < -0.39 is 16.2 Å². The number of allylic oxidation sites excluding steroid dienone is 2. The van der Waals surface area contributed by atoms with E-state index in [2.05, 4.69) is 19.1 Å². The molecule has 2 aliphatic rings. The van der Waals surface area contributed by atoms with Gasteiger partial charge in [0.05, 0.1) is 24.3 Å². The molecule has 4 heteroatoms. The van der Waals surface area contributed by atoms with E-state index in [1.54, 1.807) is 0 Å². The monoisotopic (exact) mass is 278 g/mol. The molecule has 21 heavy (non-hydrogen) atoms. The van der Waals surface area contributed by atoms with Crippen molar-refractivity contribution in [1.29, 1.82) is 21.0 Å². The Bertz CT molecular complexity index is 642. The Morgan fingerprint density at radius 2 is 1.67 bits per heavy atom. The topological polar surface area (TPSA) is 95.2 Å². The summed E-state index contributed by atoms with van der Waals surface area (Å²) in [5, 5.41) is 38.5. The second-order valence-electron chi connectivity index (χ2n) is 6.40. The van der Waals surface area contributed by atoms with Crippen LogP contribution in [-0.4, -0.2) is 0 Å². The molecule has 2 rings (SSSR count). The van der Waals surface area contributed by atoms with E-state index in [-0.39, 0.29) is 5.92 Å². The molecular formula is C17H18N4. The molecule has 4 nitrogen and oxygen atoms in total. The zero-order valence-electron chi connectivity index (χ0n) is 12.7. The maximum atomic E-state index is 9.66. The number of unbranched alkanes of at least 4 members (excludes halogenated alkanes) is 1. The van der Waals surface area contributed by atoms with Crippen LogP contribution < -0.4 is 0 Å². The lowest BCUT2D eigenvalue weighted by atomic mass is 9.23. The van der Waals surface area contributed by atoms with Crippen molar-refractivity contribution in [3.8, 4) is 24.3 Å². The Hall–Kier alpha value is -2.30. The summed E-state index contributed by atoms with van der Waals surface area (Å²) < 4.78 is 0. The Kier molecular flexibility index (Phi) is 3.32. The molecule has 2 unspecified atom stereocenters. The lowest BCUT2D eigenvalue weighted by molar-refractivity contribution is -0.192. The van der Waals surface area contributed by atoms with Gasteiger partial charge in [-0.1, -0.05) is 30.9 Å². The van der Waals surface area contributed by atoms with Gasteiger partial charge in [-0.25, -0.2) is 0 Å². The van der Waals surface area contributed by atoms with Crippen LogP contribution in [-0.2, 0) is 0 Å². The van der Waals surface area contributed by atoms with Crippen molar-refractivity contribution in [3.63, 3.8) is 0 Å².